The fourth-order valence-corrected chi connectivity index (χ4v) is 2.43. The van der Waals surface area contributed by atoms with Gasteiger partial charge < -0.3 is 5.32 Å². The van der Waals surface area contributed by atoms with Gasteiger partial charge in [-0.25, -0.2) is 4.39 Å². The van der Waals surface area contributed by atoms with Crippen LogP contribution in [0.2, 0.25) is 0 Å². The number of carbonyl (C=O) groups excluding carboxylic acids is 1. The summed E-state index contributed by atoms with van der Waals surface area (Å²) in [4.78, 5) is 12.3. The number of hydrogen-bond donors (Lipinski definition) is 2. The van der Waals surface area contributed by atoms with Gasteiger partial charge in [-0.3, -0.25) is 9.89 Å². The Morgan fingerprint density at radius 3 is 2.48 bits per heavy atom. The van der Waals surface area contributed by atoms with Crippen LogP contribution in [0.1, 0.15) is 46.2 Å². The van der Waals surface area contributed by atoms with Crippen LogP contribution in [0.25, 0.3) is 11.3 Å². The van der Waals surface area contributed by atoms with Crippen molar-refractivity contribution in [3.8, 4) is 11.3 Å². The molecule has 0 bridgehead atoms. The van der Waals surface area contributed by atoms with E-state index in [1.54, 1.807) is 12.1 Å². The van der Waals surface area contributed by atoms with E-state index >= 15 is 0 Å². The Balaban J connectivity index is 2.33. The second-order valence-electron chi connectivity index (χ2n) is 6.97. The molecular weight excluding hydrogens is 293 g/mol. The molecule has 0 saturated heterocycles. The minimum Gasteiger partial charge on any atom is -0.323 e. The van der Waals surface area contributed by atoms with Crippen molar-refractivity contribution >= 4 is 11.6 Å². The van der Waals surface area contributed by atoms with Crippen molar-refractivity contribution in [2.24, 2.45) is 5.41 Å². The molecule has 4 nitrogen and oxygen atoms in total. The van der Waals surface area contributed by atoms with Gasteiger partial charge in [0.15, 0.2) is 0 Å². The number of benzene rings is 1. The summed E-state index contributed by atoms with van der Waals surface area (Å²) in [6.45, 7) is 8.14. The van der Waals surface area contributed by atoms with Gasteiger partial charge in [-0.2, -0.15) is 5.10 Å². The molecule has 0 unspecified atom stereocenters. The molecule has 0 aliphatic carbocycles. The number of aryl methyl sites for hydroxylation is 1. The summed E-state index contributed by atoms with van der Waals surface area (Å²) >= 11 is 0. The molecule has 2 N–H and O–H groups in total. The molecule has 2 rings (SSSR count). The smallest absolute Gasteiger partial charge is 0.225 e. The summed E-state index contributed by atoms with van der Waals surface area (Å²) in [6.07, 6.45) is 2.15. The van der Waals surface area contributed by atoms with Gasteiger partial charge in [0.1, 0.15) is 11.5 Å². The van der Waals surface area contributed by atoms with E-state index in [-0.39, 0.29) is 17.1 Å². The molecule has 1 aromatic carbocycles. The summed E-state index contributed by atoms with van der Waals surface area (Å²) < 4.78 is 13.1. The van der Waals surface area contributed by atoms with Crippen LogP contribution in [0.5, 0.6) is 0 Å². The lowest BCUT2D eigenvalue weighted by Gasteiger charge is -2.17. The van der Waals surface area contributed by atoms with Gasteiger partial charge in [-0.05, 0) is 36.1 Å². The third-order valence-electron chi connectivity index (χ3n) is 3.41. The number of hydrogen-bond acceptors (Lipinski definition) is 2. The van der Waals surface area contributed by atoms with E-state index < -0.39 is 0 Å². The van der Waals surface area contributed by atoms with E-state index in [2.05, 4.69) is 22.4 Å². The van der Waals surface area contributed by atoms with Crippen LogP contribution in [0, 0.1) is 11.2 Å². The molecule has 1 amide bonds. The predicted molar refractivity (Wildman–Crippen MR) is 90.7 cm³/mol. The third-order valence-corrected chi connectivity index (χ3v) is 3.41. The van der Waals surface area contributed by atoms with Crippen LogP contribution in [0.4, 0.5) is 10.1 Å². The Morgan fingerprint density at radius 2 is 1.91 bits per heavy atom. The lowest BCUT2D eigenvalue weighted by Crippen LogP contribution is -2.20. The maximum Gasteiger partial charge on any atom is 0.225 e. The first kappa shape index (κ1) is 17.2. The standard InChI is InChI=1S/C18H24FN3O/c1-5-6-14-17(20-15(23)11-18(2,3)4)16(22-21-14)12-7-9-13(19)10-8-12/h7-10H,5-6,11H2,1-4H3,(H,20,23)(H,21,22). The first-order valence-corrected chi connectivity index (χ1v) is 7.93. The number of halogens is 1. The minimum absolute atomic E-state index is 0.0420. The van der Waals surface area contributed by atoms with Crippen molar-refractivity contribution in [3.05, 3.63) is 35.8 Å². The minimum atomic E-state index is -0.295. The lowest BCUT2D eigenvalue weighted by molar-refractivity contribution is -0.117. The fourth-order valence-electron chi connectivity index (χ4n) is 2.43. The predicted octanol–water partition coefficient (Wildman–Crippen LogP) is 4.54. The van der Waals surface area contributed by atoms with E-state index in [9.17, 15) is 9.18 Å². The van der Waals surface area contributed by atoms with E-state index in [4.69, 9.17) is 0 Å². The highest BCUT2D eigenvalue weighted by Gasteiger charge is 2.20. The summed E-state index contributed by atoms with van der Waals surface area (Å²) in [5.41, 5.74) is 2.93. The average molecular weight is 317 g/mol. The highest BCUT2D eigenvalue weighted by molar-refractivity contribution is 5.95. The van der Waals surface area contributed by atoms with E-state index in [1.165, 1.54) is 12.1 Å². The van der Waals surface area contributed by atoms with Crippen molar-refractivity contribution in [2.75, 3.05) is 5.32 Å². The first-order valence-electron chi connectivity index (χ1n) is 7.93. The second-order valence-corrected chi connectivity index (χ2v) is 6.97. The molecule has 0 fully saturated rings. The molecule has 0 aliphatic heterocycles. The van der Waals surface area contributed by atoms with Gasteiger partial charge in [-0.15, -0.1) is 0 Å². The van der Waals surface area contributed by atoms with Gasteiger partial charge >= 0.3 is 0 Å². The zero-order chi connectivity index (χ0) is 17.0. The highest BCUT2D eigenvalue weighted by Crippen LogP contribution is 2.30. The molecule has 2 aromatic rings. The Hall–Kier alpha value is -2.17. The molecule has 0 radical (unpaired) electrons. The maximum atomic E-state index is 13.1. The quantitative estimate of drug-likeness (QED) is 0.850. The van der Waals surface area contributed by atoms with Crippen LogP contribution in [-0.4, -0.2) is 16.1 Å². The van der Waals surface area contributed by atoms with Crippen LogP contribution >= 0.6 is 0 Å². The number of anilines is 1. The van der Waals surface area contributed by atoms with Gasteiger partial charge in [0.25, 0.3) is 0 Å². The first-order chi connectivity index (χ1) is 10.8. The van der Waals surface area contributed by atoms with Gasteiger partial charge in [0.2, 0.25) is 5.91 Å². The Labute approximate surface area is 136 Å². The molecule has 0 atom stereocenters. The summed E-state index contributed by atoms with van der Waals surface area (Å²) in [5.74, 6) is -0.337. The van der Waals surface area contributed by atoms with Gasteiger partial charge in [0, 0.05) is 12.0 Å². The van der Waals surface area contributed by atoms with Crippen molar-refractivity contribution in [1.29, 1.82) is 0 Å². The topological polar surface area (TPSA) is 57.8 Å². The zero-order valence-corrected chi connectivity index (χ0v) is 14.2. The summed E-state index contributed by atoms with van der Waals surface area (Å²) in [5, 5.41) is 10.3. The van der Waals surface area contributed by atoms with Crippen LogP contribution in [0.3, 0.4) is 0 Å². The molecular formula is C18H24FN3O. The molecule has 5 heteroatoms. The Morgan fingerprint density at radius 1 is 1.26 bits per heavy atom. The Kier molecular flexibility index (Phi) is 5.19. The van der Waals surface area contributed by atoms with Gasteiger partial charge in [0.05, 0.1) is 11.4 Å². The number of H-pyrrole nitrogens is 1. The molecule has 23 heavy (non-hydrogen) atoms. The highest BCUT2D eigenvalue weighted by atomic mass is 19.1. The summed E-state index contributed by atoms with van der Waals surface area (Å²) in [6, 6.07) is 6.12. The monoisotopic (exact) mass is 317 g/mol. The molecule has 0 saturated carbocycles. The molecule has 124 valence electrons. The van der Waals surface area contributed by atoms with Gasteiger partial charge in [-0.1, -0.05) is 34.1 Å². The number of aromatic nitrogens is 2. The van der Waals surface area contributed by atoms with Crippen LogP contribution in [-0.2, 0) is 11.2 Å². The largest absolute Gasteiger partial charge is 0.323 e. The lowest BCUT2D eigenvalue weighted by atomic mass is 9.92. The zero-order valence-electron chi connectivity index (χ0n) is 14.2. The maximum absolute atomic E-state index is 13.1. The SMILES string of the molecule is CCCc1[nH]nc(-c2ccc(F)cc2)c1NC(=O)CC(C)(C)C. The van der Waals surface area contributed by atoms with Crippen molar-refractivity contribution < 1.29 is 9.18 Å². The molecule has 0 aliphatic rings. The number of aromatic amines is 1. The Bertz CT molecular complexity index is 669. The molecule has 0 spiro atoms. The van der Waals surface area contributed by atoms with Crippen LogP contribution in [0.15, 0.2) is 24.3 Å². The van der Waals surface area contributed by atoms with E-state index in [0.29, 0.717) is 17.8 Å². The third kappa shape index (κ3) is 4.65. The molecule has 1 heterocycles. The van der Waals surface area contributed by atoms with E-state index in [0.717, 1.165) is 24.1 Å². The van der Waals surface area contributed by atoms with Crippen molar-refractivity contribution in [3.63, 3.8) is 0 Å². The molecule has 1 aromatic heterocycles. The summed E-state index contributed by atoms with van der Waals surface area (Å²) in [7, 11) is 0. The van der Waals surface area contributed by atoms with E-state index in [1.807, 2.05) is 20.8 Å². The number of amides is 1. The number of nitrogens with one attached hydrogen (secondary N) is 2. The average Bonchev–Trinajstić information content (AvgIpc) is 2.81. The van der Waals surface area contributed by atoms with Crippen molar-refractivity contribution in [2.45, 2.75) is 47.0 Å². The fraction of sp³-hybridized carbons (Fsp3) is 0.444. The number of rotatable bonds is 5. The number of carbonyl (C=O) groups is 1. The van der Waals surface area contributed by atoms with Crippen molar-refractivity contribution in [1.82, 2.24) is 10.2 Å². The number of nitrogens with zero attached hydrogens (tertiary/aromatic N) is 1. The second kappa shape index (κ2) is 6.94. The normalized spacial score (nSPS) is 11.5. The van der Waals surface area contributed by atoms with Crippen LogP contribution < -0.4 is 5.32 Å².